The molecule has 0 aromatic heterocycles. The summed E-state index contributed by atoms with van der Waals surface area (Å²) < 4.78 is 51.1. The minimum absolute atomic E-state index is 0.122. The summed E-state index contributed by atoms with van der Waals surface area (Å²) in [4.78, 5) is -0.122. The Morgan fingerprint density at radius 1 is 1.27 bits per heavy atom. The summed E-state index contributed by atoms with van der Waals surface area (Å²) >= 11 is 2.00. The molecule has 1 rings (SSSR count). The molecular formula is C8H7F2IO3S. The van der Waals surface area contributed by atoms with Crippen molar-refractivity contribution in [1.82, 2.24) is 0 Å². The molecule has 0 bridgehead atoms. The molecule has 15 heavy (non-hydrogen) atoms. The Labute approximate surface area is 99.7 Å². The molecule has 0 heterocycles. The number of alkyl halides is 2. The van der Waals surface area contributed by atoms with Gasteiger partial charge in [0.1, 0.15) is 6.61 Å². The Morgan fingerprint density at radius 2 is 1.80 bits per heavy atom. The number of rotatable bonds is 4. The van der Waals surface area contributed by atoms with Crippen molar-refractivity contribution in [3.8, 4) is 0 Å². The quantitative estimate of drug-likeness (QED) is 0.619. The van der Waals surface area contributed by atoms with Gasteiger partial charge in [0, 0.05) is 3.57 Å². The molecule has 0 unspecified atom stereocenters. The van der Waals surface area contributed by atoms with Crippen LogP contribution in [-0.2, 0) is 14.3 Å². The van der Waals surface area contributed by atoms with E-state index in [4.69, 9.17) is 0 Å². The molecule has 0 aliphatic carbocycles. The molecule has 0 atom stereocenters. The van der Waals surface area contributed by atoms with E-state index in [9.17, 15) is 17.2 Å². The molecule has 0 aliphatic heterocycles. The van der Waals surface area contributed by atoms with Crippen LogP contribution in [0.5, 0.6) is 0 Å². The van der Waals surface area contributed by atoms with Crippen molar-refractivity contribution in [2.45, 2.75) is 11.3 Å². The lowest BCUT2D eigenvalue weighted by Crippen LogP contribution is -2.12. The lowest BCUT2D eigenvalue weighted by atomic mass is 10.4. The number of halogens is 3. The summed E-state index contributed by atoms with van der Waals surface area (Å²) in [6, 6.07) is 5.73. The topological polar surface area (TPSA) is 43.4 Å². The van der Waals surface area contributed by atoms with Gasteiger partial charge in [0.05, 0.1) is 4.90 Å². The fourth-order valence-electron chi connectivity index (χ4n) is 0.810. The van der Waals surface area contributed by atoms with Gasteiger partial charge >= 0.3 is 0 Å². The Bertz CT molecular complexity index is 416. The molecule has 1 aromatic carbocycles. The van der Waals surface area contributed by atoms with Crippen LogP contribution in [0, 0.1) is 3.57 Å². The first-order valence-corrected chi connectivity index (χ1v) is 6.33. The van der Waals surface area contributed by atoms with Crippen molar-refractivity contribution in [3.63, 3.8) is 0 Å². The van der Waals surface area contributed by atoms with Crippen LogP contribution in [0.3, 0.4) is 0 Å². The first-order valence-electron chi connectivity index (χ1n) is 3.85. The first-order chi connectivity index (χ1) is 6.92. The van der Waals surface area contributed by atoms with E-state index in [2.05, 4.69) is 4.18 Å². The van der Waals surface area contributed by atoms with Crippen LogP contribution in [0.15, 0.2) is 29.2 Å². The monoisotopic (exact) mass is 348 g/mol. The van der Waals surface area contributed by atoms with E-state index in [1.807, 2.05) is 22.6 Å². The van der Waals surface area contributed by atoms with Gasteiger partial charge in [0.25, 0.3) is 16.5 Å². The predicted octanol–water partition coefficient (Wildman–Crippen LogP) is 2.26. The van der Waals surface area contributed by atoms with Crippen molar-refractivity contribution in [3.05, 3.63) is 27.8 Å². The Morgan fingerprint density at radius 3 is 2.27 bits per heavy atom. The molecule has 0 spiro atoms. The average molecular weight is 348 g/mol. The van der Waals surface area contributed by atoms with Gasteiger partial charge in [-0.3, -0.25) is 4.18 Å². The highest BCUT2D eigenvalue weighted by Gasteiger charge is 2.17. The van der Waals surface area contributed by atoms with Crippen LogP contribution < -0.4 is 0 Å². The van der Waals surface area contributed by atoms with Crippen molar-refractivity contribution in [2.75, 3.05) is 6.61 Å². The highest BCUT2D eigenvalue weighted by Crippen LogP contribution is 2.15. The van der Waals surface area contributed by atoms with Crippen LogP contribution in [0.4, 0.5) is 8.78 Å². The second-order valence-corrected chi connectivity index (χ2v) is 5.44. The van der Waals surface area contributed by atoms with Gasteiger partial charge in [0.15, 0.2) is 0 Å². The van der Waals surface area contributed by atoms with Crippen LogP contribution in [-0.4, -0.2) is 21.5 Å². The van der Waals surface area contributed by atoms with E-state index in [0.29, 0.717) is 0 Å². The van der Waals surface area contributed by atoms with Crippen molar-refractivity contribution >= 4 is 32.7 Å². The molecular weight excluding hydrogens is 341 g/mol. The van der Waals surface area contributed by atoms with Crippen LogP contribution in [0.1, 0.15) is 0 Å². The zero-order chi connectivity index (χ0) is 11.5. The zero-order valence-electron chi connectivity index (χ0n) is 7.36. The fraction of sp³-hybridized carbons (Fsp3) is 0.250. The van der Waals surface area contributed by atoms with Gasteiger partial charge in [0.2, 0.25) is 0 Å². The largest absolute Gasteiger partial charge is 0.297 e. The lowest BCUT2D eigenvalue weighted by Gasteiger charge is -2.04. The second-order valence-electron chi connectivity index (χ2n) is 2.58. The highest BCUT2D eigenvalue weighted by molar-refractivity contribution is 14.1. The Hall–Kier alpha value is -0.280. The standard InChI is InChI=1S/C8H7F2IO3S/c9-8(10)5-14-15(12,13)7-3-1-6(11)2-4-7/h1-4,8H,5H2. The smallest absolute Gasteiger partial charge is 0.260 e. The van der Waals surface area contributed by atoms with E-state index < -0.39 is 23.2 Å². The molecule has 0 radical (unpaired) electrons. The van der Waals surface area contributed by atoms with Gasteiger partial charge in [-0.25, -0.2) is 8.78 Å². The number of hydrogen-bond donors (Lipinski definition) is 0. The summed E-state index contributed by atoms with van der Waals surface area (Å²) in [6.07, 6.45) is -2.80. The number of hydrogen-bond acceptors (Lipinski definition) is 3. The van der Waals surface area contributed by atoms with Gasteiger partial charge in [-0.2, -0.15) is 8.42 Å². The maximum Gasteiger partial charge on any atom is 0.297 e. The maximum absolute atomic E-state index is 11.8. The third-order valence-electron chi connectivity index (χ3n) is 1.45. The van der Waals surface area contributed by atoms with Crippen molar-refractivity contribution in [1.29, 1.82) is 0 Å². The molecule has 7 heteroatoms. The minimum Gasteiger partial charge on any atom is -0.260 e. The molecule has 84 valence electrons. The molecule has 3 nitrogen and oxygen atoms in total. The van der Waals surface area contributed by atoms with Gasteiger partial charge < -0.3 is 0 Å². The lowest BCUT2D eigenvalue weighted by molar-refractivity contribution is 0.0848. The first kappa shape index (κ1) is 12.8. The molecule has 0 aliphatic rings. The normalized spacial score (nSPS) is 12.0. The SMILES string of the molecule is O=S(=O)(OCC(F)F)c1ccc(I)cc1. The summed E-state index contributed by atoms with van der Waals surface area (Å²) in [6.45, 7) is -1.12. The van der Waals surface area contributed by atoms with Gasteiger partial charge in [-0.15, -0.1) is 0 Å². The minimum atomic E-state index is -4.06. The molecule has 0 saturated heterocycles. The summed E-state index contributed by atoms with van der Waals surface area (Å²) in [5, 5.41) is 0. The molecule has 0 saturated carbocycles. The average Bonchev–Trinajstić information content (AvgIpc) is 2.16. The predicted molar refractivity (Wildman–Crippen MR) is 58.3 cm³/mol. The summed E-state index contributed by atoms with van der Waals surface area (Å²) in [7, 11) is -4.06. The van der Waals surface area contributed by atoms with Crippen LogP contribution >= 0.6 is 22.6 Å². The maximum atomic E-state index is 11.8. The zero-order valence-corrected chi connectivity index (χ0v) is 10.3. The van der Waals surface area contributed by atoms with Crippen LogP contribution in [0.25, 0.3) is 0 Å². The third-order valence-corrected chi connectivity index (χ3v) is 3.47. The molecule has 0 N–H and O–H groups in total. The van der Waals surface area contributed by atoms with Gasteiger partial charge in [-0.1, -0.05) is 0 Å². The Balaban J connectivity index is 2.82. The van der Waals surface area contributed by atoms with Crippen LogP contribution in [0.2, 0.25) is 0 Å². The van der Waals surface area contributed by atoms with E-state index in [-0.39, 0.29) is 4.90 Å². The van der Waals surface area contributed by atoms with Crippen molar-refractivity contribution in [2.24, 2.45) is 0 Å². The second kappa shape index (κ2) is 5.17. The third kappa shape index (κ3) is 3.99. The Kier molecular flexibility index (Phi) is 4.41. The molecule has 0 fully saturated rings. The summed E-state index contributed by atoms with van der Waals surface area (Å²) in [5.74, 6) is 0. The highest BCUT2D eigenvalue weighted by atomic mass is 127. The van der Waals surface area contributed by atoms with E-state index in [1.165, 1.54) is 12.1 Å². The van der Waals surface area contributed by atoms with E-state index in [1.54, 1.807) is 12.1 Å². The fourth-order valence-corrected chi connectivity index (χ4v) is 2.06. The van der Waals surface area contributed by atoms with E-state index in [0.717, 1.165) is 3.57 Å². The number of benzene rings is 1. The molecule has 0 amide bonds. The molecule has 1 aromatic rings. The van der Waals surface area contributed by atoms with Crippen molar-refractivity contribution < 1.29 is 21.4 Å². The van der Waals surface area contributed by atoms with E-state index >= 15 is 0 Å². The summed E-state index contributed by atoms with van der Waals surface area (Å²) in [5.41, 5.74) is 0. The van der Waals surface area contributed by atoms with Gasteiger partial charge in [-0.05, 0) is 46.9 Å².